The molecular weight excluding hydrogens is 299 g/mol. The number of pyridine rings is 1. The molecule has 2 rings (SSSR count). The van der Waals surface area contributed by atoms with Crippen molar-refractivity contribution in [3.63, 3.8) is 0 Å². The number of aryl methyl sites for hydroxylation is 1. The van der Waals surface area contributed by atoms with Gasteiger partial charge < -0.3 is 5.32 Å². The van der Waals surface area contributed by atoms with Crippen LogP contribution in [0.3, 0.4) is 0 Å². The van der Waals surface area contributed by atoms with E-state index in [1.54, 1.807) is 31.2 Å². The minimum atomic E-state index is -0.426. The molecule has 0 saturated heterocycles. The van der Waals surface area contributed by atoms with Crippen molar-refractivity contribution in [1.82, 2.24) is 4.98 Å². The summed E-state index contributed by atoms with van der Waals surface area (Å²) >= 11 is 3.05. The van der Waals surface area contributed by atoms with Gasteiger partial charge in [-0.1, -0.05) is 6.07 Å². The number of hydrogen-bond donors (Lipinski definition) is 1. The second kappa shape index (κ2) is 5.27. The average molecular weight is 309 g/mol. The third-order valence-corrected chi connectivity index (χ3v) is 2.94. The summed E-state index contributed by atoms with van der Waals surface area (Å²) in [5.41, 5.74) is 1.45. The molecule has 92 valence electrons. The molecule has 1 aromatic heterocycles. The molecule has 2 aromatic rings. The Hall–Kier alpha value is -1.75. The first kappa shape index (κ1) is 12.7. The third kappa shape index (κ3) is 2.92. The quantitative estimate of drug-likeness (QED) is 0.922. The second-order valence-corrected chi connectivity index (χ2v) is 4.60. The van der Waals surface area contributed by atoms with Crippen molar-refractivity contribution in [1.29, 1.82) is 0 Å². The molecule has 0 radical (unpaired) electrons. The summed E-state index contributed by atoms with van der Waals surface area (Å²) in [6.45, 7) is 1.80. The highest BCUT2D eigenvalue weighted by Crippen LogP contribution is 2.19. The molecule has 0 aliphatic heterocycles. The molecule has 0 spiro atoms. The van der Waals surface area contributed by atoms with E-state index in [1.807, 2.05) is 0 Å². The van der Waals surface area contributed by atoms with E-state index < -0.39 is 5.82 Å². The van der Waals surface area contributed by atoms with Crippen LogP contribution in [0.2, 0.25) is 0 Å². The molecule has 0 aliphatic carbocycles. The number of carbonyl (C=O) groups is 1. The Labute approximate surface area is 112 Å². The molecule has 18 heavy (non-hydrogen) atoms. The van der Waals surface area contributed by atoms with Crippen molar-refractivity contribution in [2.45, 2.75) is 6.92 Å². The highest BCUT2D eigenvalue weighted by Gasteiger charge is 2.08. The van der Waals surface area contributed by atoms with E-state index in [9.17, 15) is 9.18 Å². The first-order valence-corrected chi connectivity index (χ1v) is 6.05. The zero-order chi connectivity index (χ0) is 13.1. The predicted molar refractivity (Wildman–Crippen MR) is 71.0 cm³/mol. The van der Waals surface area contributed by atoms with Gasteiger partial charge in [-0.05, 0) is 53.2 Å². The van der Waals surface area contributed by atoms with Gasteiger partial charge in [-0.25, -0.2) is 9.37 Å². The fraction of sp³-hybridized carbons (Fsp3) is 0.0769. The summed E-state index contributed by atoms with van der Waals surface area (Å²) in [5, 5.41) is 2.59. The molecule has 0 atom stereocenters. The lowest BCUT2D eigenvalue weighted by Gasteiger charge is -2.05. The van der Waals surface area contributed by atoms with Crippen molar-refractivity contribution in [3.8, 4) is 0 Å². The normalized spacial score (nSPS) is 10.2. The van der Waals surface area contributed by atoms with E-state index in [-0.39, 0.29) is 5.91 Å². The molecule has 1 N–H and O–H groups in total. The van der Waals surface area contributed by atoms with Crippen LogP contribution in [0.15, 0.2) is 40.9 Å². The van der Waals surface area contributed by atoms with Gasteiger partial charge in [-0.2, -0.15) is 0 Å². The van der Waals surface area contributed by atoms with Crippen molar-refractivity contribution in [2.24, 2.45) is 0 Å². The summed E-state index contributed by atoms with van der Waals surface area (Å²) in [6.07, 6.45) is 0. The Morgan fingerprint density at radius 1 is 1.33 bits per heavy atom. The first-order valence-electron chi connectivity index (χ1n) is 5.26. The zero-order valence-corrected chi connectivity index (χ0v) is 11.2. The lowest BCUT2D eigenvalue weighted by atomic mass is 10.2. The SMILES string of the molecule is Cc1cccc(C(=O)Nc2ccc(Br)c(F)c2)n1. The molecule has 1 amide bonds. The Bertz CT molecular complexity index is 601. The number of rotatable bonds is 2. The summed E-state index contributed by atoms with van der Waals surface area (Å²) in [5.74, 6) is -0.787. The van der Waals surface area contributed by atoms with E-state index in [1.165, 1.54) is 12.1 Å². The summed E-state index contributed by atoms with van der Waals surface area (Å²) in [4.78, 5) is 15.9. The van der Waals surface area contributed by atoms with Crippen LogP contribution in [-0.4, -0.2) is 10.9 Å². The maximum Gasteiger partial charge on any atom is 0.274 e. The highest BCUT2D eigenvalue weighted by molar-refractivity contribution is 9.10. The Morgan fingerprint density at radius 2 is 2.11 bits per heavy atom. The minimum absolute atomic E-state index is 0.304. The second-order valence-electron chi connectivity index (χ2n) is 3.75. The van der Waals surface area contributed by atoms with Gasteiger partial charge in [0.2, 0.25) is 0 Å². The van der Waals surface area contributed by atoms with E-state index in [0.717, 1.165) is 5.69 Å². The molecule has 3 nitrogen and oxygen atoms in total. The van der Waals surface area contributed by atoms with Crippen molar-refractivity contribution >= 4 is 27.5 Å². The van der Waals surface area contributed by atoms with Crippen LogP contribution in [0, 0.1) is 12.7 Å². The van der Waals surface area contributed by atoms with Gasteiger partial charge in [0.25, 0.3) is 5.91 Å². The Kier molecular flexibility index (Phi) is 3.72. The molecule has 0 saturated carbocycles. The standard InChI is InChI=1S/C13H10BrFN2O/c1-8-3-2-4-12(16-8)13(18)17-9-5-6-10(14)11(15)7-9/h2-7H,1H3,(H,17,18). The maximum absolute atomic E-state index is 13.3. The van der Waals surface area contributed by atoms with Crippen LogP contribution in [0.4, 0.5) is 10.1 Å². The van der Waals surface area contributed by atoms with Gasteiger partial charge in [0.1, 0.15) is 11.5 Å². The average Bonchev–Trinajstić information content (AvgIpc) is 2.34. The van der Waals surface area contributed by atoms with E-state index >= 15 is 0 Å². The number of nitrogens with one attached hydrogen (secondary N) is 1. The van der Waals surface area contributed by atoms with Crippen LogP contribution >= 0.6 is 15.9 Å². The number of amides is 1. The number of anilines is 1. The Balaban J connectivity index is 2.18. The fourth-order valence-electron chi connectivity index (χ4n) is 1.44. The van der Waals surface area contributed by atoms with Crippen LogP contribution in [0.5, 0.6) is 0 Å². The molecular formula is C13H10BrFN2O. The highest BCUT2D eigenvalue weighted by atomic mass is 79.9. The molecule has 0 bridgehead atoms. The molecule has 5 heteroatoms. The molecule has 1 aromatic carbocycles. The van der Waals surface area contributed by atoms with E-state index in [4.69, 9.17) is 0 Å². The van der Waals surface area contributed by atoms with Crippen LogP contribution in [0.1, 0.15) is 16.2 Å². The lowest BCUT2D eigenvalue weighted by molar-refractivity contribution is 0.102. The summed E-state index contributed by atoms with van der Waals surface area (Å²) < 4.78 is 13.6. The summed E-state index contributed by atoms with van der Waals surface area (Å²) in [6, 6.07) is 9.56. The zero-order valence-electron chi connectivity index (χ0n) is 9.58. The Morgan fingerprint density at radius 3 is 2.78 bits per heavy atom. The number of benzene rings is 1. The molecule has 0 aliphatic rings. The van der Waals surface area contributed by atoms with Crippen LogP contribution in [0.25, 0.3) is 0 Å². The van der Waals surface area contributed by atoms with Crippen molar-refractivity contribution < 1.29 is 9.18 Å². The van der Waals surface area contributed by atoms with Crippen molar-refractivity contribution in [3.05, 3.63) is 58.1 Å². The van der Waals surface area contributed by atoms with Gasteiger partial charge in [0.15, 0.2) is 0 Å². The first-order chi connectivity index (χ1) is 8.56. The topological polar surface area (TPSA) is 42.0 Å². The maximum atomic E-state index is 13.3. The van der Waals surface area contributed by atoms with Gasteiger partial charge in [0.05, 0.1) is 4.47 Å². The lowest BCUT2D eigenvalue weighted by Crippen LogP contribution is -2.14. The minimum Gasteiger partial charge on any atom is -0.321 e. The monoisotopic (exact) mass is 308 g/mol. The largest absolute Gasteiger partial charge is 0.321 e. The number of hydrogen-bond acceptors (Lipinski definition) is 2. The molecule has 0 fully saturated rings. The summed E-state index contributed by atoms with van der Waals surface area (Å²) in [7, 11) is 0. The van der Waals surface area contributed by atoms with Crippen molar-refractivity contribution in [2.75, 3.05) is 5.32 Å². The number of nitrogens with zero attached hydrogens (tertiary/aromatic N) is 1. The van der Waals surface area contributed by atoms with Crippen LogP contribution < -0.4 is 5.32 Å². The van der Waals surface area contributed by atoms with Gasteiger partial charge in [-0.3, -0.25) is 4.79 Å². The van der Waals surface area contributed by atoms with E-state index in [0.29, 0.717) is 15.9 Å². The number of carbonyl (C=O) groups excluding carboxylic acids is 1. The predicted octanol–water partition coefficient (Wildman–Crippen LogP) is 3.54. The van der Waals surface area contributed by atoms with E-state index in [2.05, 4.69) is 26.2 Å². The van der Waals surface area contributed by atoms with Gasteiger partial charge >= 0.3 is 0 Å². The number of halogens is 2. The fourth-order valence-corrected chi connectivity index (χ4v) is 1.69. The third-order valence-electron chi connectivity index (χ3n) is 2.30. The van der Waals surface area contributed by atoms with Gasteiger partial charge in [-0.15, -0.1) is 0 Å². The molecule has 1 heterocycles. The number of aromatic nitrogens is 1. The van der Waals surface area contributed by atoms with Gasteiger partial charge in [0, 0.05) is 11.4 Å². The smallest absolute Gasteiger partial charge is 0.274 e. The molecule has 0 unspecified atom stereocenters. The van der Waals surface area contributed by atoms with Crippen LogP contribution in [-0.2, 0) is 0 Å².